The maximum Gasteiger partial charge on any atom is 0.134 e. The summed E-state index contributed by atoms with van der Waals surface area (Å²) in [6.45, 7) is 1.89. The fraction of sp³-hybridized carbons (Fsp3) is 0.0714. The predicted molar refractivity (Wildman–Crippen MR) is 73.8 cm³/mol. The Labute approximate surface area is 114 Å². The number of hydrogen-bond acceptors (Lipinski definition) is 2. The fourth-order valence-electron chi connectivity index (χ4n) is 1.44. The molecule has 2 aromatic rings. The van der Waals surface area contributed by atoms with Crippen molar-refractivity contribution < 1.29 is 8.78 Å². The molecular weight excluding hydrogens is 270 g/mol. The largest absolute Gasteiger partial charge is 0.278 e. The lowest BCUT2D eigenvalue weighted by Gasteiger charge is -2.03. The molecule has 0 atom stereocenters. The Bertz CT molecular complexity index is 627. The monoisotopic (exact) mass is 280 g/mol. The van der Waals surface area contributed by atoms with Gasteiger partial charge in [0.2, 0.25) is 0 Å². The summed E-state index contributed by atoms with van der Waals surface area (Å²) in [4.78, 5) is 0. The van der Waals surface area contributed by atoms with Gasteiger partial charge < -0.3 is 0 Å². The van der Waals surface area contributed by atoms with E-state index >= 15 is 0 Å². The van der Waals surface area contributed by atoms with Crippen LogP contribution in [-0.2, 0) is 0 Å². The minimum atomic E-state index is -0.660. The Kier molecular flexibility index (Phi) is 4.12. The van der Waals surface area contributed by atoms with Gasteiger partial charge in [-0.2, -0.15) is 5.10 Å². The molecule has 0 aromatic heterocycles. The molecule has 0 heterocycles. The van der Waals surface area contributed by atoms with E-state index in [1.807, 2.05) is 13.0 Å². The van der Waals surface area contributed by atoms with Gasteiger partial charge in [-0.05, 0) is 36.8 Å². The first-order chi connectivity index (χ1) is 9.06. The Balaban J connectivity index is 2.09. The lowest BCUT2D eigenvalue weighted by molar-refractivity contribution is 0.582. The van der Waals surface area contributed by atoms with Gasteiger partial charge in [-0.15, -0.1) is 0 Å². The average Bonchev–Trinajstić information content (AvgIpc) is 2.36. The van der Waals surface area contributed by atoms with Crippen LogP contribution in [0.4, 0.5) is 14.5 Å². The molecule has 2 nitrogen and oxygen atoms in total. The van der Waals surface area contributed by atoms with Crippen molar-refractivity contribution in [3.63, 3.8) is 0 Å². The topological polar surface area (TPSA) is 24.4 Å². The van der Waals surface area contributed by atoms with Gasteiger partial charge in [0.1, 0.15) is 11.6 Å². The van der Waals surface area contributed by atoms with Gasteiger partial charge in [0.15, 0.2) is 0 Å². The lowest BCUT2D eigenvalue weighted by atomic mass is 10.2. The fourth-order valence-corrected chi connectivity index (χ4v) is 1.63. The first-order valence-electron chi connectivity index (χ1n) is 5.56. The molecule has 0 fully saturated rings. The first kappa shape index (κ1) is 13.5. The van der Waals surface area contributed by atoms with Crippen molar-refractivity contribution in [1.29, 1.82) is 0 Å². The SMILES string of the molecule is Cc1ccc(NN=Cc2ccc(F)cc2F)cc1Cl. The minimum Gasteiger partial charge on any atom is -0.278 e. The van der Waals surface area contributed by atoms with Crippen LogP contribution in [0.15, 0.2) is 41.5 Å². The van der Waals surface area contributed by atoms with Crippen LogP contribution in [0.25, 0.3) is 0 Å². The van der Waals surface area contributed by atoms with Gasteiger partial charge in [0, 0.05) is 16.7 Å². The summed E-state index contributed by atoms with van der Waals surface area (Å²) >= 11 is 5.96. The second-order valence-corrected chi connectivity index (χ2v) is 4.41. The third-order valence-electron chi connectivity index (χ3n) is 2.53. The minimum absolute atomic E-state index is 0.201. The molecule has 0 aliphatic carbocycles. The first-order valence-corrected chi connectivity index (χ1v) is 5.94. The number of rotatable bonds is 3. The molecule has 5 heteroatoms. The number of halogens is 3. The third kappa shape index (κ3) is 3.51. The number of aryl methyl sites for hydroxylation is 1. The van der Waals surface area contributed by atoms with E-state index in [0.717, 1.165) is 11.6 Å². The average molecular weight is 281 g/mol. The van der Waals surface area contributed by atoms with Crippen LogP contribution in [0, 0.1) is 18.6 Å². The third-order valence-corrected chi connectivity index (χ3v) is 2.94. The summed E-state index contributed by atoms with van der Waals surface area (Å²) in [5.74, 6) is -1.28. The number of hydrazone groups is 1. The molecule has 0 bridgehead atoms. The van der Waals surface area contributed by atoms with E-state index < -0.39 is 11.6 Å². The van der Waals surface area contributed by atoms with E-state index in [1.165, 1.54) is 18.3 Å². The Morgan fingerprint density at radius 3 is 2.63 bits per heavy atom. The van der Waals surface area contributed by atoms with Crippen molar-refractivity contribution in [2.24, 2.45) is 5.10 Å². The molecule has 0 saturated heterocycles. The van der Waals surface area contributed by atoms with Gasteiger partial charge in [-0.3, -0.25) is 5.43 Å². The second kappa shape index (κ2) is 5.80. The standard InChI is InChI=1S/C14H11ClF2N2/c1-9-2-5-12(7-13(9)15)19-18-8-10-3-4-11(16)6-14(10)17/h2-8,19H,1H3. The van der Waals surface area contributed by atoms with Crippen LogP contribution in [0.3, 0.4) is 0 Å². The van der Waals surface area contributed by atoms with Crippen molar-refractivity contribution in [1.82, 2.24) is 0 Å². The smallest absolute Gasteiger partial charge is 0.134 e. The van der Waals surface area contributed by atoms with Crippen LogP contribution in [0.1, 0.15) is 11.1 Å². The van der Waals surface area contributed by atoms with Gasteiger partial charge in [0.05, 0.1) is 11.9 Å². The number of hydrogen-bond donors (Lipinski definition) is 1. The maximum atomic E-state index is 13.3. The van der Waals surface area contributed by atoms with E-state index in [1.54, 1.807) is 12.1 Å². The molecule has 19 heavy (non-hydrogen) atoms. The Morgan fingerprint density at radius 1 is 1.16 bits per heavy atom. The summed E-state index contributed by atoms with van der Waals surface area (Å²) in [6, 6.07) is 8.67. The van der Waals surface area contributed by atoms with Crippen LogP contribution in [-0.4, -0.2) is 6.21 Å². The van der Waals surface area contributed by atoms with Crippen LogP contribution in [0.5, 0.6) is 0 Å². The summed E-state index contributed by atoms with van der Waals surface area (Å²) in [5, 5.41) is 4.50. The molecule has 0 saturated carbocycles. The molecule has 0 amide bonds. The lowest BCUT2D eigenvalue weighted by Crippen LogP contribution is -1.94. The quantitative estimate of drug-likeness (QED) is 0.655. The maximum absolute atomic E-state index is 13.3. The summed E-state index contributed by atoms with van der Waals surface area (Å²) < 4.78 is 26.0. The zero-order chi connectivity index (χ0) is 13.8. The molecule has 98 valence electrons. The second-order valence-electron chi connectivity index (χ2n) is 4.00. The summed E-state index contributed by atoms with van der Waals surface area (Å²) in [6.07, 6.45) is 1.28. The summed E-state index contributed by atoms with van der Waals surface area (Å²) in [5.41, 5.74) is 4.58. The number of anilines is 1. The van der Waals surface area contributed by atoms with Gasteiger partial charge in [-0.25, -0.2) is 8.78 Å². The Morgan fingerprint density at radius 2 is 1.95 bits per heavy atom. The highest BCUT2D eigenvalue weighted by atomic mass is 35.5. The van der Waals surface area contributed by atoms with Crippen molar-refractivity contribution in [3.05, 3.63) is 64.2 Å². The highest BCUT2D eigenvalue weighted by Crippen LogP contribution is 2.19. The van der Waals surface area contributed by atoms with Crippen LogP contribution >= 0.6 is 11.6 Å². The van der Waals surface area contributed by atoms with Gasteiger partial charge in [0.25, 0.3) is 0 Å². The number of benzene rings is 2. The molecule has 0 aliphatic heterocycles. The van der Waals surface area contributed by atoms with Crippen LogP contribution < -0.4 is 5.43 Å². The van der Waals surface area contributed by atoms with E-state index in [0.29, 0.717) is 10.7 Å². The molecule has 2 rings (SSSR count). The Hall–Kier alpha value is -1.94. The molecule has 0 spiro atoms. The zero-order valence-corrected chi connectivity index (χ0v) is 10.9. The molecule has 2 aromatic carbocycles. The molecule has 1 N–H and O–H groups in total. The van der Waals surface area contributed by atoms with E-state index in [2.05, 4.69) is 10.5 Å². The zero-order valence-electron chi connectivity index (χ0n) is 10.1. The number of nitrogens with zero attached hydrogens (tertiary/aromatic N) is 1. The highest BCUT2D eigenvalue weighted by Gasteiger charge is 2.01. The van der Waals surface area contributed by atoms with Crippen molar-refractivity contribution in [2.45, 2.75) is 6.92 Å². The molecule has 0 aliphatic rings. The van der Waals surface area contributed by atoms with Crippen molar-refractivity contribution in [3.8, 4) is 0 Å². The highest BCUT2D eigenvalue weighted by molar-refractivity contribution is 6.31. The normalized spacial score (nSPS) is 10.9. The molecule has 0 radical (unpaired) electrons. The van der Waals surface area contributed by atoms with Gasteiger partial charge in [-0.1, -0.05) is 17.7 Å². The van der Waals surface area contributed by atoms with E-state index in [-0.39, 0.29) is 5.56 Å². The van der Waals surface area contributed by atoms with Crippen molar-refractivity contribution in [2.75, 3.05) is 5.43 Å². The van der Waals surface area contributed by atoms with Crippen LogP contribution in [0.2, 0.25) is 5.02 Å². The van der Waals surface area contributed by atoms with Crippen molar-refractivity contribution >= 4 is 23.5 Å². The predicted octanol–water partition coefficient (Wildman–Crippen LogP) is 4.37. The van der Waals surface area contributed by atoms with E-state index in [4.69, 9.17) is 11.6 Å². The molecular formula is C14H11ClF2N2. The molecule has 0 unspecified atom stereocenters. The van der Waals surface area contributed by atoms with E-state index in [9.17, 15) is 8.78 Å². The van der Waals surface area contributed by atoms with Gasteiger partial charge >= 0.3 is 0 Å². The number of nitrogens with one attached hydrogen (secondary N) is 1. The summed E-state index contributed by atoms with van der Waals surface area (Å²) in [7, 11) is 0.